The molecule has 2 aromatic rings. The minimum atomic E-state index is -3.73. The standard InChI is InChI=1S/C21H27ClN2O4S/c1-6-16-7-9-17(10-8-16)14(2)23-21(25)15(3)24(29(5,26)27)18-11-12-20(28-4)19(22)13-18/h7-15H,6H2,1-5H3,(H,23,25)/t14-,15+/m0/s1. The molecule has 158 valence electrons. The third kappa shape index (κ3) is 5.64. The number of nitrogens with one attached hydrogen (secondary N) is 1. The molecule has 0 radical (unpaired) electrons. The maximum atomic E-state index is 12.8. The summed E-state index contributed by atoms with van der Waals surface area (Å²) >= 11 is 6.15. The van der Waals surface area contributed by atoms with E-state index in [4.69, 9.17) is 16.3 Å². The highest BCUT2D eigenvalue weighted by Gasteiger charge is 2.30. The van der Waals surface area contributed by atoms with Gasteiger partial charge in [0.25, 0.3) is 0 Å². The van der Waals surface area contributed by atoms with Crippen LogP contribution in [0.2, 0.25) is 5.02 Å². The zero-order chi connectivity index (χ0) is 21.8. The molecule has 29 heavy (non-hydrogen) atoms. The van der Waals surface area contributed by atoms with Crippen molar-refractivity contribution in [2.24, 2.45) is 0 Å². The second kappa shape index (κ2) is 9.50. The third-order valence-electron chi connectivity index (χ3n) is 4.73. The normalized spacial score (nSPS) is 13.4. The first-order chi connectivity index (χ1) is 13.6. The van der Waals surface area contributed by atoms with E-state index in [1.807, 2.05) is 31.2 Å². The number of rotatable bonds is 8. The van der Waals surface area contributed by atoms with Crippen molar-refractivity contribution in [3.8, 4) is 5.75 Å². The highest BCUT2D eigenvalue weighted by Crippen LogP contribution is 2.31. The van der Waals surface area contributed by atoms with Gasteiger partial charge in [0.1, 0.15) is 11.8 Å². The number of carbonyl (C=O) groups excluding carboxylic acids is 1. The van der Waals surface area contributed by atoms with Crippen LogP contribution in [0.5, 0.6) is 5.75 Å². The van der Waals surface area contributed by atoms with Gasteiger partial charge in [-0.15, -0.1) is 0 Å². The van der Waals surface area contributed by atoms with Crippen molar-refractivity contribution >= 4 is 33.2 Å². The van der Waals surface area contributed by atoms with Gasteiger partial charge in [0.2, 0.25) is 15.9 Å². The summed E-state index contributed by atoms with van der Waals surface area (Å²) < 4.78 is 31.1. The molecule has 8 heteroatoms. The summed E-state index contributed by atoms with van der Waals surface area (Å²) in [4.78, 5) is 12.8. The van der Waals surface area contributed by atoms with Crippen LogP contribution >= 0.6 is 11.6 Å². The summed E-state index contributed by atoms with van der Waals surface area (Å²) in [5.41, 5.74) is 2.45. The summed E-state index contributed by atoms with van der Waals surface area (Å²) in [5.74, 6) is 0.0135. The van der Waals surface area contributed by atoms with E-state index in [-0.39, 0.29) is 11.1 Å². The van der Waals surface area contributed by atoms with Crippen LogP contribution in [0.3, 0.4) is 0 Å². The van der Waals surface area contributed by atoms with Crippen molar-refractivity contribution in [3.63, 3.8) is 0 Å². The molecule has 0 unspecified atom stereocenters. The van der Waals surface area contributed by atoms with Crippen molar-refractivity contribution in [1.82, 2.24) is 5.32 Å². The lowest BCUT2D eigenvalue weighted by Crippen LogP contribution is -2.48. The van der Waals surface area contributed by atoms with E-state index in [9.17, 15) is 13.2 Å². The Bertz CT molecular complexity index is 961. The van der Waals surface area contributed by atoms with E-state index in [0.29, 0.717) is 11.4 Å². The summed E-state index contributed by atoms with van der Waals surface area (Å²) in [6.07, 6.45) is 1.99. The summed E-state index contributed by atoms with van der Waals surface area (Å²) in [6.45, 7) is 5.48. The molecule has 0 aromatic heterocycles. The van der Waals surface area contributed by atoms with Gasteiger partial charge in [0.05, 0.1) is 30.1 Å². The average Bonchev–Trinajstić information content (AvgIpc) is 2.67. The number of hydrogen-bond acceptors (Lipinski definition) is 4. The van der Waals surface area contributed by atoms with Gasteiger partial charge < -0.3 is 10.1 Å². The van der Waals surface area contributed by atoms with Crippen molar-refractivity contribution < 1.29 is 17.9 Å². The van der Waals surface area contributed by atoms with Gasteiger partial charge in [-0.3, -0.25) is 9.10 Å². The maximum Gasteiger partial charge on any atom is 0.244 e. The van der Waals surface area contributed by atoms with Crippen LogP contribution in [-0.4, -0.2) is 33.7 Å². The molecular weight excluding hydrogens is 412 g/mol. The Kier molecular flexibility index (Phi) is 7.54. The van der Waals surface area contributed by atoms with Gasteiger partial charge in [-0.2, -0.15) is 0 Å². The predicted octanol–water partition coefficient (Wildman–Crippen LogP) is 3.94. The Morgan fingerprint density at radius 3 is 2.28 bits per heavy atom. The Labute approximate surface area is 177 Å². The van der Waals surface area contributed by atoms with Crippen molar-refractivity contribution in [2.75, 3.05) is 17.7 Å². The first kappa shape index (κ1) is 23.0. The number of benzene rings is 2. The molecule has 1 amide bonds. The molecule has 0 aliphatic carbocycles. The average molecular weight is 439 g/mol. The lowest BCUT2D eigenvalue weighted by atomic mass is 10.0. The molecule has 0 saturated carbocycles. The van der Waals surface area contributed by atoms with E-state index in [1.54, 1.807) is 19.1 Å². The molecule has 0 aliphatic heterocycles. The second-order valence-corrected chi connectivity index (χ2v) is 9.15. The van der Waals surface area contributed by atoms with Gasteiger partial charge in [-0.25, -0.2) is 8.42 Å². The van der Waals surface area contributed by atoms with Crippen LogP contribution in [0.4, 0.5) is 5.69 Å². The highest BCUT2D eigenvalue weighted by molar-refractivity contribution is 7.92. The Morgan fingerprint density at radius 1 is 1.17 bits per heavy atom. The molecule has 0 bridgehead atoms. The lowest BCUT2D eigenvalue weighted by Gasteiger charge is -2.29. The monoisotopic (exact) mass is 438 g/mol. The molecule has 0 aliphatic rings. The third-order valence-corrected chi connectivity index (χ3v) is 6.26. The topological polar surface area (TPSA) is 75.7 Å². The van der Waals surface area contributed by atoms with E-state index < -0.39 is 22.0 Å². The first-order valence-corrected chi connectivity index (χ1v) is 11.5. The van der Waals surface area contributed by atoms with E-state index in [1.165, 1.54) is 18.7 Å². The minimum Gasteiger partial charge on any atom is -0.495 e. The number of nitrogens with zero attached hydrogens (tertiary/aromatic N) is 1. The molecule has 0 saturated heterocycles. The number of carbonyl (C=O) groups is 1. The summed E-state index contributed by atoms with van der Waals surface area (Å²) in [6, 6.07) is 11.3. The Morgan fingerprint density at radius 2 is 1.79 bits per heavy atom. The van der Waals surface area contributed by atoms with Gasteiger partial charge in [0.15, 0.2) is 0 Å². The van der Waals surface area contributed by atoms with Crippen LogP contribution in [0, 0.1) is 0 Å². The zero-order valence-corrected chi connectivity index (χ0v) is 18.8. The van der Waals surface area contributed by atoms with Crippen molar-refractivity contribution in [1.29, 1.82) is 0 Å². The van der Waals surface area contributed by atoms with Crippen LogP contribution in [0.25, 0.3) is 0 Å². The number of halogens is 1. The van der Waals surface area contributed by atoms with E-state index in [0.717, 1.165) is 22.5 Å². The van der Waals surface area contributed by atoms with E-state index >= 15 is 0 Å². The number of aryl methyl sites for hydroxylation is 1. The molecule has 6 nitrogen and oxygen atoms in total. The predicted molar refractivity (Wildman–Crippen MR) is 117 cm³/mol. The number of sulfonamides is 1. The second-order valence-electron chi connectivity index (χ2n) is 6.88. The molecule has 2 atom stereocenters. The van der Waals surface area contributed by atoms with Gasteiger partial charge >= 0.3 is 0 Å². The number of methoxy groups -OCH3 is 1. The molecule has 0 fully saturated rings. The molecule has 0 heterocycles. The number of amides is 1. The maximum absolute atomic E-state index is 12.8. The minimum absolute atomic E-state index is 0.260. The zero-order valence-electron chi connectivity index (χ0n) is 17.3. The van der Waals surface area contributed by atoms with Gasteiger partial charge in [-0.05, 0) is 49.6 Å². The van der Waals surface area contributed by atoms with Crippen LogP contribution < -0.4 is 14.4 Å². The van der Waals surface area contributed by atoms with Crippen LogP contribution in [0.15, 0.2) is 42.5 Å². The first-order valence-electron chi connectivity index (χ1n) is 9.30. The highest BCUT2D eigenvalue weighted by atomic mass is 35.5. The summed E-state index contributed by atoms with van der Waals surface area (Å²) in [5, 5.41) is 3.15. The number of hydrogen-bond donors (Lipinski definition) is 1. The molecular formula is C21H27ClN2O4S. The molecule has 2 aromatic carbocycles. The van der Waals surface area contributed by atoms with Gasteiger partial charge in [0, 0.05) is 0 Å². The smallest absolute Gasteiger partial charge is 0.244 e. The fraction of sp³-hybridized carbons (Fsp3) is 0.381. The van der Waals surface area contributed by atoms with Crippen LogP contribution in [0.1, 0.15) is 37.9 Å². The Hall–Kier alpha value is -2.25. The summed E-state index contributed by atoms with van der Waals surface area (Å²) in [7, 11) is -2.26. The van der Waals surface area contributed by atoms with E-state index in [2.05, 4.69) is 12.2 Å². The molecule has 2 rings (SSSR count). The fourth-order valence-corrected chi connectivity index (χ4v) is 4.48. The molecule has 0 spiro atoms. The quantitative estimate of drug-likeness (QED) is 0.677. The van der Waals surface area contributed by atoms with Crippen molar-refractivity contribution in [2.45, 2.75) is 39.3 Å². The molecule has 1 N–H and O–H groups in total. The number of anilines is 1. The Balaban J connectivity index is 2.25. The number of ether oxygens (including phenoxy) is 1. The van der Waals surface area contributed by atoms with Gasteiger partial charge in [-0.1, -0.05) is 42.8 Å². The fourth-order valence-electron chi connectivity index (χ4n) is 3.06. The lowest BCUT2D eigenvalue weighted by molar-refractivity contribution is -0.122. The largest absolute Gasteiger partial charge is 0.495 e. The van der Waals surface area contributed by atoms with Crippen LogP contribution in [-0.2, 0) is 21.2 Å². The SMILES string of the molecule is CCc1ccc([C@H](C)NC(=O)[C@@H](C)N(c2ccc(OC)c(Cl)c2)S(C)(=O)=O)cc1. The van der Waals surface area contributed by atoms with Crippen molar-refractivity contribution in [3.05, 3.63) is 58.6 Å².